The molecule has 0 aliphatic carbocycles. The summed E-state index contributed by atoms with van der Waals surface area (Å²) in [5.41, 5.74) is 1.78. The summed E-state index contributed by atoms with van der Waals surface area (Å²) in [6.07, 6.45) is 4.59. The van der Waals surface area contributed by atoms with E-state index in [0.29, 0.717) is 17.9 Å². The molecule has 1 N–H and O–H groups in total. The predicted octanol–water partition coefficient (Wildman–Crippen LogP) is 2.54. The Kier molecular flexibility index (Phi) is 6.08. The van der Waals surface area contributed by atoms with Crippen LogP contribution in [0.4, 0.5) is 0 Å². The quantitative estimate of drug-likeness (QED) is 0.659. The smallest absolute Gasteiger partial charge is 0.251 e. The van der Waals surface area contributed by atoms with Gasteiger partial charge in [-0.05, 0) is 47.6 Å². The summed E-state index contributed by atoms with van der Waals surface area (Å²) in [4.78, 5) is 23.1. The van der Waals surface area contributed by atoms with Crippen molar-refractivity contribution < 1.29 is 4.79 Å². The number of rotatable bonds is 8. The minimum atomic E-state index is -0.124. The average molecular weight is 370 g/mol. The lowest BCUT2D eigenvalue weighted by Gasteiger charge is -2.29. The fraction of sp³-hybridized carbons (Fsp3) is 0.333. The zero-order valence-corrected chi connectivity index (χ0v) is 15.7. The van der Waals surface area contributed by atoms with Crippen molar-refractivity contribution in [2.24, 2.45) is 0 Å². The third-order valence-electron chi connectivity index (χ3n) is 4.30. The van der Waals surface area contributed by atoms with E-state index in [2.05, 4.69) is 56.0 Å². The number of hydrogen-bond acceptors (Lipinski definition) is 6. The zero-order valence-electron chi connectivity index (χ0n) is 14.9. The van der Waals surface area contributed by atoms with Crippen molar-refractivity contribution in [3.63, 3.8) is 0 Å². The Morgan fingerprint density at radius 2 is 2.19 bits per heavy atom. The molecule has 0 saturated carbocycles. The van der Waals surface area contributed by atoms with Gasteiger partial charge in [-0.3, -0.25) is 9.69 Å². The summed E-state index contributed by atoms with van der Waals surface area (Å²) in [6, 6.07) is 5.69. The van der Waals surface area contributed by atoms with E-state index in [4.69, 9.17) is 0 Å². The van der Waals surface area contributed by atoms with E-state index >= 15 is 0 Å². The standard InChI is InChI=1S/C18H22N6OS/c1-3-23(4-2)16(15-6-8-26-11-15)10-21-18(25)14-5-7-20-17(9-14)24-13-19-12-22-24/h5-9,11-13,16H,3-4,10H2,1-2H3,(H,21,25). The van der Waals surface area contributed by atoms with E-state index in [1.165, 1.54) is 16.6 Å². The number of carbonyl (C=O) groups excluding carboxylic acids is 1. The summed E-state index contributed by atoms with van der Waals surface area (Å²) in [5.74, 6) is 0.439. The molecule has 0 spiro atoms. The topological polar surface area (TPSA) is 75.9 Å². The highest BCUT2D eigenvalue weighted by Crippen LogP contribution is 2.22. The Bertz CT molecular complexity index is 814. The normalized spacial score (nSPS) is 12.3. The van der Waals surface area contributed by atoms with Gasteiger partial charge in [0.2, 0.25) is 0 Å². The molecule has 0 aliphatic rings. The van der Waals surface area contributed by atoms with Crippen LogP contribution in [0.3, 0.4) is 0 Å². The summed E-state index contributed by atoms with van der Waals surface area (Å²) < 4.78 is 1.53. The van der Waals surface area contributed by atoms with Crippen LogP contribution in [-0.4, -0.2) is 50.2 Å². The van der Waals surface area contributed by atoms with Gasteiger partial charge in [-0.15, -0.1) is 0 Å². The van der Waals surface area contributed by atoms with Crippen molar-refractivity contribution in [3.8, 4) is 5.82 Å². The Balaban J connectivity index is 1.72. The minimum Gasteiger partial charge on any atom is -0.350 e. The number of carbonyl (C=O) groups is 1. The highest BCUT2D eigenvalue weighted by atomic mass is 32.1. The van der Waals surface area contributed by atoms with E-state index in [1.54, 1.807) is 36.0 Å². The first-order valence-electron chi connectivity index (χ1n) is 8.58. The molecule has 1 unspecified atom stereocenters. The molecule has 3 heterocycles. The van der Waals surface area contributed by atoms with Crippen molar-refractivity contribution >= 4 is 17.2 Å². The van der Waals surface area contributed by atoms with Gasteiger partial charge in [0.1, 0.15) is 12.7 Å². The molecule has 0 bridgehead atoms. The van der Waals surface area contributed by atoms with Crippen molar-refractivity contribution in [3.05, 3.63) is 58.9 Å². The average Bonchev–Trinajstić information content (AvgIpc) is 3.39. The van der Waals surface area contributed by atoms with E-state index in [-0.39, 0.29) is 11.9 Å². The summed E-state index contributed by atoms with van der Waals surface area (Å²) >= 11 is 1.67. The van der Waals surface area contributed by atoms with Crippen LogP contribution >= 0.6 is 11.3 Å². The molecule has 0 aromatic carbocycles. The van der Waals surface area contributed by atoms with Crippen LogP contribution in [0.2, 0.25) is 0 Å². The third kappa shape index (κ3) is 4.14. The Hall–Kier alpha value is -2.58. The molecular formula is C18H22N6OS. The summed E-state index contributed by atoms with van der Waals surface area (Å²) in [6.45, 7) is 6.69. The third-order valence-corrected chi connectivity index (χ3v) is 5.00. The largest absolute Gasteiger partial charge is 0.350 e. The molecule has 26 heavy (non-hydrogen) atoms. The molecule has 0 aliphatic heterocycles. The zero-order chi connectivity index (χ0) is 18.4. The summed E-state index contributed by atoms with van der Waals surface area (Å²) in [7, 11) is 0. The van der Waals surface area contributed by atoms with Gasteiger partial charge in [-0.1, -0.05) is 13.8 Å². The number of amides is 1. The van der Waals surface area contributed by atoms with Gasteiger partial charge in [-0.2, -0.15) is 16.4 Å². The SMILES string of the molecule is CCN(CC)C(CNC(=O)c1ccnc(-n2cncn2)c1)c1ccsc1. The number of nitrogens with one attached hydrogen (secondary N) is 1. The first-order valence-corrected chi connectivity index (χ1v) is 9.52. The molecule has 0 radical (unpaired) electrons. The number of hydrogen-bond donors (Lipinski definition) is 1. The van der Waals surface area contributed by atoms with E-state index in [0.717, 1.165) is 13.1 Å². The number of pyridine rings is 1. The van der Waals surface area contributed by atoms with Crippen LogP contribution < -0.4 is 5.32 Å². The maximum absolute atomic E-state index is 12.6. The second-order valence-electron chi connectivity index (χ2n) is 5.75. The van der Waals surface area contributed by atoms with Gasteiger partial charge < -0.3 is 5.32 Å². The first-order chi connectivity index (χ1) is 12.7. The van der Waals surface area contributed by atoms with Crippen LogP contribution in [0.5, 0.6) is 0 Å². The van der Waals surface area contributed by atoms with Gasteiger partial charge >= 0.3 is 0 Å². The maximum atomic E-state index is 12.6. The minimum absolute atomic E-state index is 0.124. The predicted molar refractivity (Wildman–Crippen MR) is 101 cm³/mol. The lowest BCUT2D eigenvalue weighted by atomic mass is 10.1. The van der Waals surface area contributed by atoms with Gasteiger partial charge in [-0.25, -0.2) is 14.6 Å². The van der Waals surface area contributed by atoms with Gasteiger partial charge in [0, 0.05) is 18.3 Å². The van der Waals surface area contributed by atoms with E-state index in [9.17, 15) is 4.79 Å². The van der Waals surface area contributed by atoms with Crippen LogP contribution in [0.15, 0.2) is 47.8 Å². The number of aromatic nitrogens is 4. The highest BCUT2D eigenvalue weighted by Gasteiger charge is 2.19. The molecule has 8 heteroatoms. The molecule has 7 nitrogen and oxygen atoms in total. The van der Waals surface area contributed by atoms with Gasteiger partial charge in [0.25, 0.3) is 5.91 Å². The van der Waals surface area contributed by atoms with Gasteiger partial charge in [0.15, 0.2) is 5.82 Å². The first kappa shape index (κ1) is 18.2. The second kappa shape index (κ2) is 8.68. The Morgan fingerprint density at radius 1 is 1.35 bits per heavy atom. The molecule has 0 fully saturated rings. The van der Waals surface area contributed by atoms with Crippen LogP contribution in [0.1, 0.15) is 35.8 Å². The molecule has 3 aromatic heterocycles. The van der Waals surface area contributed by atoms with Crippen molar-refractivity contribution in [2.75, 3.05) is 19.6 Å². The lowest BCUT2D eigenvalue weighted by molar-refractivity contribution is 0.0935. The van der Waals surface area contributed by atoms with E-state index < -0.39 is 0 Å². The second-order valence-corrected chi connectivity index (χ2v) is 6.53. The number of likely N-dealkylation sites (N-methyl/N-ethyl adjacent to an activating group) is 1. The van der Waals surface area contributed by atoms with Crippen LogP contribution in [-0.2, 0) is 0 Å². The Labute approximate surface area is 156 Å². The van der Waals surface area contributed by atoms with Crippen LogP contribution in [0, 0.1) is 0 Å². The highest BCUT2D eigenvalue weighted by molar-refractivity contribution is 7.07. The molecule has 3 rings (SSSR count). The monoisotopic (exact) mass is 370 g/mol. The molecule has 0 saturated heterocycles. The maximum Gasteiger partial charge on any atom is 0.251 e. The Morgan fingerprint density at radius 3 is 2.85 bits per heavy atom. The van der Waals surface area contributed by atoms with Crippen molar-refractivity contribution in [1.29, 1.82) is 0 Å². The molecular weight excluding hydrogens is 348 g/mol. The number of thiophene rings is 1. The molecule has 3 aromatic rings. The molecule has 136 valence electrons. The number of nitrogens with zero attached hydrogens (tertiary/aromatic N) is 5. The fourth-order valence-electron chi connectivity index (χ4n) is 2.89. The van der Waals surface area contributed by atoms with Crippen molar-refractivity contribution in [1.82, 2.24) is 30.0 Å². The fourth-order valence-corrected chi connectivity index (χ4v) is 3.60. The lowest BCUT2D eigenvalue weighted by Crippen LogP contribution is -2.38. The van der Waals surface area contributed by atoms with Gasteiger partial charge in [0.05, 0.1) is 6.04 Å². The van der Waals surface area contributed by atoms with E-state index in [1.807, 2.05) is 0 Å². The van der Waals surface area contributed by atoms with Crippen molar-refractivity contribution in [2.45, 2.75) is 19.9 Å². The molecule has 1 amide bonds. The van der Waals surface area contributed by atoms with Crippen LogP contribution in [0.25, 0.3) is 5.82 Å². The summed E-state index contributed by atoms with van der Waals surface area (Å²) in [5, 5.41) is 11.3. The molecule has 1 atom stereocenters.